The number of thiazole rings is 1. The second kappa shape index (κ2) is 8.49. The number of nitrogens with zero attached hydrogens (tertiary/aromatic N) is 5. The number of benzene rings is 1. The fourth-order valence-electron chi connectivity index (χ4n) is 3.59. The Morgan fingerprint density at radius 1 is 1.42 bits per heavy atom. The SMILES string of the molecule is C[C@@H](c1nc(C2=CCC(C#N)C=C2)cs1)[C@](O)(Cn1cncn1)c1ccc(F)cc1F. The number of hydrogen-bond acceptors (Lipinski definition) is 6. The maximum atomic E-state index is 14.7. The summed E-state index contributed by atoms with van der Waals surface area (Å²) in [6.07, 6.45) is 9.02. The highest BCUT2D eigenvalue weighted by atomic mass is 32.1. The second-order valence-corrected chi connectivity index (χ2v) is 8.31. The van der Waals surface area contributed by atoms with Crippen LogP contribution in [0, 0.1) is 28.9 Å². The van der Waals surface area contributed by atoms with Crippen LogP contribution in [-0.2, 0) is 12.1 Å². The summed E-state index contributed by atoms with van der Waals surface area (Å²) in [5, 5.41) is 27.2. The van der Waals surface area contributed by atoms with E-state index < -0.39 is 23.2 Å². The van der Waals surface area contributed by atoms with Gasteiger partial charge in [0.1, 0.15) is 29.9 Å². The molecular formula is C22H19F2N5OS. The number of rotatable bonds is 6. The Hall–Kier alpha value is -3.22. The molecule has 1 unspecified atom stereocenters. The number of nitriles is 1. The van der Waals surface area contributed by atoms with Crippen LogP contribution < -0.4 is 0 Å². The summed E-state index contributed by atoms with van der Waals surface area (Å²) >= 11 is 1.35. The molecule has 0 aliphatic heterocycles. The predicted molar refractivity (Wildman–Crippen MR) is 112 cm³/mol. The molecule has 0 saturated carbocycles. The van der Waals surface area contributed by atoms with Gasteiger partial charge in [0.15, 0.2) is 0 Å². The quantitative estimate of drug-likeness (QED) is 0.622. The van der Waals surface area contributed by atoms with E-state index in [0.29, 0.717) is 11.4 Å². The highest BCUT2D eigenvalue weighted by Crippen LogP contribution is 2.41. The maximum Gasteiger partial charge on any atom is 0.137 e. The van der Waals surface area contributed by atoms with Gasteiger partial charge in [-0.3, -0.25) is 0 Å². The van der Waals surface area contributed by atoms with Crippen molar-refractivity contribution in [3.63, 3.8) is 0 Å². The topological polar surface area (TPSA) is 87.6 Å². The van der Waals surface area contributed by atoms with Crippen LogP contribution in [0.15, 0.2) is 54.5 Å². The van der Waals surface area contributed by atoms with Crippen molar-refractivity contribution < 1.29 is 13.9 Å². The molecule has 1 aromatic carbocycles. The Labute approximate surface area is 181 Å². The van der Waals surface area contributed by atoms with Gasteiger partial charge in [0.05, 0.1) is 29.2 Å². The minimum Gasteiger partial charge on any atom is -0.382 e. The second-order valence-electron chi connectivity index (χ2n) is 7.42. The summed E-state index contributed by atoms with van der Waals surface area (Å²) in [5.41, 5.74) is -0.165. The number of aromatic nitrogens is 4. The number of aliphatic hydroxyl groups is 1. The number of halogens is 2. The van der Waals surface area contributed by atoms with Gasteiger partial charge in [-0.2, -0.15) is 10.4 Å². The zero-order valence-electron chi connectivity index (χ0n) is 16.6. The lowest BCUT2D eigenvalue weighted by molar-refractivity contribution is -0.0112. The fourth-order valence-corrected chi connectivity index (χ4v) is 4.56. The largest absolute Gasteiger partial charge is 0.382 e. The molecular weight excluding hydrogens is 420 g/mol. The first-order valence-corrected chi connectivity index (χ1v) is 10.5. The molecule has 0 radical (unpaired) electrons. The molecule has 1 aliphatic carbocycles. The van der Waals surface area contributed by atoms with Crippen LogP contribution in [0.2, 0.25) is 0 Å². The predicted octanol–water partition coefficient (Wildman–Crippen LogP) is 4.19. The Morgan fingerprint density at radius 3 is 2.90 bits per heavy atom. The molecule has 4 rings (SSSR count). The molecule has 6 nitrogen and oxygen atoms in total. The van der Waals surface area contributed by atoms with E-state index in [1.165, 1.54) is 34.7 Å². The van der Waals surface area contributed by atoms with Gasteiger partial charge in [-0.15, -0.1) is 11.3 Å². The van der Waals surface area contributed by atoms with Gasteiger partial charge in [0.2, 0.25) is 0 Å². The van der Waals surface area contributed by atoms with Crippen LogP contribution >= 0.6 is 11.3 Å². The molecule has 0 amide bonds. The zero-order chi connectivity index (χ0) is 22.0. The normalized spacial score (nSPS) is 18.8. The number of allylic oxidation sites excluding steroid dienone is 4. The van der Waals surface area contributed by atoms with Gasteiger partial charge in [-0.1, -0.05) is 31.2 Å². The van der Waals surface area contributed by atoms with E-state index in [1.807, 2.05) is 23.6 Å². The molecule has 9 heteroatoms. The molecule has 0 bridgehead atoms. The van der Waals surface area contributed by atoms with Crippen LogP contribution in [0.3, 0.4) is 0 Å². The Morgan fingerprint density at radius 2 is 2.26 bits per heavy atom. The molecule has 158 valence electrons. The molecule has 0 saturated heterocycles. The fraction of sp³-hybridized carbons (Fsp3) is 0.273. The monoisotopic (exact) mass is 439 g/mol. The van der Waals surface area contributed by atoms with E-state index in [1.54, 1.807) is 6.92 Å². The van der Waals surface area contributed by atoms with Crippen molar-refractivity contribution in [1.29, 1.82) is 5.26 Å². The van der Waals surface area contributed by atoms with Crippen LogP contribution in [0.4, 0.5) is 8.78 Å². The third-order valence-corrected chi connectivity index (χ3v) is 6.46. The average Bonchev–Trinajstić information content (AvgIpc) is 3.45. The van der Waals surface area contributed by atoms with E-state index in [9.17, 15) is 13.9 Å². The van der Waals surface area contributed by atoms with E-state index in [4.69, 9.17) is 5.26 Å². The molecule has 0 spiro atoms. The van der Waals surface area contributed by atoms with Gasteiger partial charge in [0.25, 0.3) is 0 Å². The van der Waals surface area contributed by atoms with Crippen molar-refractivity contribution in [2.75, 3.05) is 0 Å². The van der Waals surface area contributed by atoms with Crippen molar-refractivity contribution in [2.45, 2.75) is 31.4 Å². The Kier molecular flexibility index (Phi) is 5.76. The summed E-state index contributed by atoms with van der Waals surface area (Å²) in [7, 11) is 0. The van der Waals surface area contributed by atoms with Crippen LogP contribution in [-0.4, -0.2) is 24.9 Å². The molecule has 1 aliphatic rings. The van der Waals surface area contributed by atoms with Crippen LogP contribution in [0.5, 0.6) is 0 Å². The van der Waals surface area contributed by atoms with Crippen molar-refractivity contribution in [1.82, 2.24) is 19.7 Å². The number of hydrogen-bond donors (Lipinski definition) is 1. The lowest BCUT2D eigenvalue weighted by atomic mass is 9.82. The summed E-state index contributed by atoms with van der Waals surface area (Å²) in [4.78, 5) is 8.55. The Bertz CT molecular complexity index is 1180. The first-order valence-electron chi connectivity index (χ1n) is 9.65. The molecule has 1 N–H and O–H groups in total. The van der Waals surface area contributed by atoms with Crippen molar-refractivity contribution in [3.05, 3.63) is 82.4 Å². The van der Waals surface area contributed by atoms with Crippen molar-refractivity contribution >= 4 is 16.9 Å². The van der Waals surface area contributed by atoms with Gasteiger partial charge in [0, 0.05) is 22.9 Å². The standard InChI is InChI=1S/C22H19F2N5OS/c1-14(21-28-20(10-31-21)16-4-2-15(9-25)3-5-16)22(30,11-29-13-26-12-27-29)18-7-6-17(23)8-19(18)24/h2,4-8,10,12-15,30H,3,11H2,1H3/t14-,15?,22+/m0/s1. The maximum absolute atomic E-state index is 14.7. The lowest BCUT2D eigenvalue weighted by Crippen LogP contribution is -2.38. The van der Waals surface area contributed by atoms with Crippen LogP contribution in [0.1, 0.15) is 35.5 Å². The summed E-state index contributed by atoms with van der Waals surface area (Å²) in [6.45, 7) is 1.66. The Balaban J connectivity index is 1.69. The van der Waals surface area contributed by atoms with Gasteiger partial charge >= 0.3 is 0 Å². The summed E-state index contributed by atoms with van der Waals surface area (Å²) in [6, 6.07) is 5.33. The van der Waals surface area contributed by atoms with E-state index in [2.05, 4.69) is 21.1 Å². The van der Waals surface area contributed by atoms with Crippen molar-refractivity contribution in [2.24, 2.45) is 5.92 Å². The highest BCUT2D eigenvalue weighted by Gasteiger charge is 2.41. The molecule has 3 aromatic rings. The van der Waals surface area contributed by atoms with E-state index >= 15 is 0 Å². The minimum atomic E-state index is -1.75. The highest BCUT2D eigenvalue weighted by molar-refractivity contribution is 7.09. The van der Waals surface area contributed by atoms with Crippen LogP contribution in [0.25, 0.3) is 5.57 Å². The summed E-state index contributed by atoms with van der Waals surface area (Å²) < 4.78 is 29.6. The third-order valence-electron chi connectivity index (χ3n) is 5.44. The molecule has 0 fully saturated rings. The minimum absolute atomic E-state index is 0.0395. The van der Waals surface area contributed by atoms with Gasteiger partial charge < -0.3 is 5.11 Å². The average molecular weight is 439 g/mol. The zero-order valence-corrected chi connectivity index (χ0v) is 17.4. The molecule has 2 heterocycles. The molecule has 31 heavy (non-hydrogen) atoms. The van der Waals surface area contributed by atoms with Gasteiger partial charge in [-0.25, -0.2) is 23.4 Å². The molecule has 2 aromatic heterocycles. The summed E-state index contributed by atoms with van der Waals surface area (Å²) in [5.74, 6) is -2.34. The smallest absolute Gasteiger partial charge is 0.137 e. The van der Waals surface area contributed by atoms with E-state index in [0.717, 1.165) is 23.4 Å². The van der Waals surface area contributed by atoms with Crippen molar-refractivity contribution in [3.8, 4) is 6.07 Å². The molecule has 3 atom stereocenters. The first-order chi connectivity index (χ1) is 14.9. The lowest BCUT2D eigenvalue weighted by Gasteiger charge is -2.33. The van der Waals surface area contributed by atoms with E-state index in [-0.39, 0.29) is 18.0 Å². The first kappa shape index (κ1) is 21.0. The van der Waals surface area contributed by atoms with Gasteiger partial charge in [-0.05, 0) is 18.1 Å². The third kappa shape index (κ3) is 4.17.